The summed E-state index contributed by atoms with van der Waals surface area (Å²) in [5.74, 6) is 0.118. The molecule has 2 N–H and O–H groups in total. The van der Waals surface area contributed by atoms with Crippen LogP contribution < -0.4 is 15.5 Å². The van der Waals surface area contributed by atoms with E-state index < -0.39 is 17.8 Å². The summed E-state index contributed by atoms with van der Waals surface area (Å²) in [6.07, 6.45) is -1.53. The number of piperazine rings is 1. The number of alkyl halides is 3. The predicted molar refractivity (Wildman–Crippen MR) is 134 cm³/mol. The fourth-order valence-electron chi connectivity index (χ4n) is 4.73. The van der Waals surface area contributed by atoms with Gasteiger partial charge in [0.25, 0.3) is 0 Å². The lowest BCUT2D eigenvalue weighted by Crippen LogP contribution is -2.55. The summed E-state index contributed by atoms with van der Waals surface area (Å²) >= 11 is 12.2. The van der Waals surface area contributed by atoms with Gasteiger partial charge in [0, 0.05) is 47.6 Å². The summed E-state index contributed by atoms with van der Waals surface area (Å²) in [5, 5.41) is 7.13. The van der Waals surface area contributed by atoms with Crippen LogP contribution in [-0.4, -0.2) is 49.6 Å². The number of benzene rings is 2. The minimum atomic E-state index is -4.51. The van der Waals surface area contributed by atoms with E-state index in [1.54, 1.807) is 25.1 Å². The molecule has 0 unspecified atom stereocenters. The molecule has 1 amide bonds. The molecule has 0 saturated carbocycles. The van der Waals surface area contributed by atoms with E-state index in [9.17, 15) is 18.0 Å². The van der Waals surface area contributed by atoms with E-state index in [0.717, 1.165) is 31.9 Å². The average molecular weight is 529 g/mol. The fraction of sp³-hybridized carbons (Fsp3) is 0.480. The Balaban J connectivity index is 1.49. The van der Waals surface area contributed by atoms with Crippen LogP contribution in [0.4, 0.5) is 24.5 Å². The number of nitrogens with one attached hydrogen (secondary N) is 2. The van der Waals surface area contributed by atoms with Gasteiger partial charge in [0.2, 0.25) is 5.91 Å². The van der Waals surface area contributed by atoms with Gasteiger partial charge >= 0.3 is 6.18 Å². The number of hydrogen-bond donors (Lipinski definition) is 2. The fourth-order valence-corrected chi connectivity index (χ4v) is 5.30. The molecule has 2 heterocycles. The van der Waals surface area contributed by atoms with Gasteiger partial charge in [0.1, 0.15) is 0 Å². The topological polar surface area (TPSA) is 47.6 Å². The molecule has 0 aliphatic carbocycles. The smallest absolute Gasteiger partial charge is 0.378 e. The highest BCUT2D eigenvalue weighted by molar-refractivity contribution is 6.35. The minimum Gasteiger partial charge on any atom is -0.378 e. The quantitative estimate of drug-likeness (QED) is 0.501. The third-order valence-corrected chi connectivity index (χ3v) is 7.24. The van der Waals surface area contributed by atoms with Gasteiger partial charge in [0.15, 0.2) is 0 Å². The van der Waals surface area contributed by atoms with E-state index in [-0.39, 0.29) is 17.6 Å². The molecule has 0 spiro atoms. The van der Waals surface area contributed by atoms with E-state index >= 15 is 0 Å². The lowest BCUT2D eigenvalue weighted by atomic mass is 10.0. The number of carbonyl (C=O) groups excluding carboxylic acids is 1. The van der Waals surface area contributed by atoms with Crippen molar-refractivity contribution >= 4 is 40.5 Å². The van der Waals surface area contributed by atoms with Gasteiger partial charge in [-0.15, -0.1) is 0 Å². The first kappa shape index (κ1) is 25.9. The molecule has 10 heteroatoms. The summed E-state index contributed by atoms with van der Waals surface area (Å²) in [5.41, 5.74) is 0.574. The van der Waals surface area contributed by atoms with E-state index in [4.69, 9.17) is 23.2 Å². The van der Waals surface area contributed by atoms with Crippen LogP contribution in [0.5, 0.6) is 0 Å². The van der Waals surface area contributed by atoms with Crippen molar-refractivity contribution in [3.63, 3.8) is 0 Å². The molecule has 2 aromatic rings. The van der Waals surface area contributed by atoms with E-state index in [1.165, 1.54) is 12.1 Å². The summed E-state index contributed by atoms with van der Waals surface area (Å²) in [6, 6.07) is 8.46. The third-order valence-electron chi connectivity index (χ3n) is 6.67. The summed E-state index contributed by atoms with van der Waals surface area (Å²) in [7, 11) is 0. The second kappa shape index (κ2) is 10.8. The average Bonchev–Trinajstić information content (AvgIpc) is 2.83. The Morgan fingerprint density at radius 1 is 1.09 bits per heavy atom. The molecule has 2 aromatic carbocycles. The highest BCUT2D eigenvalue weighted by atomic mass is 35.5. The highest BCUT2D eigenvalue weighted by Crippen LogP contribution is 2.39. The number of amides is 1. The SMILES string of the molecule is C[C@@H](Nc1cc(N2CCN(C(=O)[C@H]3CCCCN3)CC2)ccc1C(F)(F)F)c1ccc(Cl)cc1Cl. The summed E-state index contributed by atoms with van der Waals surface area (Å²) in [6.45, 7) is 4.81. The van der Waals surface area contributed by atoms with Crippen molar-refractivity contribution in [2.75, 3.05) is 42.9 Å². The van der Waals surface area contributed by atoms with Gasteiger partial charge in [-0.1, -0.05) is 35.7 Å². The first-order valence-corrected chi connectivity index (χ1v) is 12.6. The van der Waals surface area contributed by atoms with Crippen LogP contribution in [0.2, 0.25) is 10.0 Å². The Hall–Kier alpha value is -2.16. The molecule has 2 aliphatic rings. The maximum absolute atomic E-state index is 13.8. The van der Waals surface area contributed by atoms with E-state index in [0.29, 0.717) is 47.5 Å². The predicted octanol–water partition coefficient (Wildman–Crippen LogP) is 5.98. The molecular formula is C25H29Cl2F3N4O. The molecule has 0 bridgehead atoms. The van der Waals surface area contributed by atoms with Crippen molar-refractivity contribution in [1.29, 1.82) is 0 Å². The highest BCUT2D eigenvalue weighted by Gasteiger charge is 2.35. The molecule has 2 saturated heterocycles. The number of halogens is 5. The molecule has 0 radical (unpaired) electrons. The zero-order valence-electron chi connectivity index (χ0n) is 19.5. The van der Waals surface area contributed by atoms with Gasteiger partial charge in [-0.05, 0) is 62.2 Å². The number of rotatable bonds is 5. The normalized spacial score (nSPS) is 20.0. The Morgan fingerprint density at radius 2 is 1.83 bits per heavy atom. The van der Waals surface area contributed by atoms with Gasteiger partial charge in [-0.3, -0.25) is 4.79 Å². The lowest BCUT2D eigenvalue weighted by molar-refractivity contribution is -0.137. The van der Waals surface area contributed by atoms with Gasteiger partial charge in [0.05, 0.1) is 17.6 Å². The molecule has 0 aromatic heterocycles. The number of nitrogens with zero attached hydrogens (tertiary/aromatic N) is 2. The molecule has 5 nitrogen and oxygen atoms in total. The maximum atomic E-state index is 13.8. The van der Waals surface area contributed by atoms with Crippen LogP contribution in [0.1, 0.15) is 43.4 Å². The molecule has 35 heavy (non-hydrogen) atoms. The first-order chi connectivity index (χ1) is 16.6. The Kier molecular flexibility index (Phi) is 8.03. The first-order valence-electron chi connectivity index (χ1n) is 11.8. The zero-order chi connectivity index (χ0) is 25.2. The standard InChI is InChI=1S/C25H29Cl2F3N4O/c1-16(19-7-5-17(26)14-21(19)27)32-23-15-18(6-8-20(23)25(28,29)30)33-10-12-34(13-11-33)24(35)22-4-2-3-9-31-22/h5-8,14-16,22,31-32H,2-4,9-13H2,1H3/t16-,22-/m1/s1. The minimum absolute atomic E-state index is 0.0153. The zero-order valence-corrected chi connectivity index (χ0v) is 21.0. The molecule has 4 rings (SSSR count). The Morgan fingerprint density at radius 3 is 2.46 bits per heavy atom. The van der Waals surface area contributed by atoms with Crippen LogP contribution in [0, 0.1) is 0 Å². The number of hydrogen-bond acceptors (Lipinski definition) is 4. The maximum Gasteiger partial charge on any atom is 0.418 e. The van der Waals surface area contributed by atoms with Crippen LogP contribution in [0.15, 0.2) is 36.4 Å². The van der Waals surface area contributed by atoms with E-state index in [1.807, 2.05) is 9.80 Å². The van der Waals surface area contributed by atoms with Gasteiger partial charge in [-0.25, -0.2) is 0 Å². The van der Waals surface area contributed by atoms with Crippen LogP contribution in [0.3, 0.4) is 0 Å². The monoisotopic (exact) mass is 528 g/mol. The van der Waals surface area contributed by atoms with Crippen molar-refractivity contribution in [1.82, 2.24) is 10.2 Å². The summed E-state index contributed by atoms with van der Waals surface area (Å²) in [4.78, 5) is 16.7. The number of anilines is 2. The van der Waals surface area contributed by atoms with Crippen molar-refractivity contribution in [2.45, 2.75) is 44.4 Å². The second-order valence-corrected chi connectivity index (χ2v) is 9.92. The van der Waals surface area contributed by atoms with Crippen molar-refractivity contribution in [3.8, 4) is 0 Å². The molecule has 2 fully saturated rings. The van der Waals surface area contributed by atoms with Gasteiger partial charge < -0.3 is 20.4 Å². The Bertz CT molecular complexity index is 1050. The van der Waals surface area contributed by atoms with Crippen molar-refractivity contribution in [3.05, 3.63) is 57.6 Å². The number of carbonyl (C=O) groups is 1. The van der Waals surface area contributed by atoms with Crippen LogP contribution in [-0.2, 0) is 11.0 Å². The molecule has 2 aliphatic heterocycles. The van der Waals surface area contributed by atoms with Crippen molar-refractivity contribution in [2.24, 2.45) is 0 Å². The van der Waals surface area contributed by atoms with Crippen LogP contribution >= 0.6 is 23.2 Å². The van der Waals surface area contributed by atoms with Gasteiger partial charge in [-0.2, -0.15) is 13.2 Å². The van der Waals surface area contributed by atoms with Crippen molar-refractivity contribution < 1.29 is 18.0 Å². The molecule has 190 valence electrons. The summed E-state index contributed by atoms with van der Waals surface area (Å²) < 4.78 is 41.3. The Labute approximate surface area is 213 Å². The number of piperidine rings is 1. The second-order valence-electron chi connectivity index (χ2n) is 9.07. The van der Waals surface area contributed by atoms with Crippen LogP contribution in [0.25, 0.3) is 0 Å². The molecular weight excluding hydrogens is 500 g/mol. The van der Waals surface area contributed by atoms with E-state index in [2.05, 4.69) is 10.6 Å². The largest absolute Gasteiger partial charge is 0.418 e. The lowest BCUT2D eigenvalue weighted by Gasteiger charge is -2.38. The third kappa shape index (κ3) is 6.16. The molecule has 2 atom stereocenters.